The molecule has 0 aliphatic rings. The second kappa shape index (κ2) is 4.40. The lowest BCUT2D eigenvalue weighted by molar-refractivity contribution is -0.155. The Labute approximate surface area is 87.2 Å². The number of alkyl halides is 1. The predicted molar refractivity (Wildman–Crippen MR) is 53.2 cm³/mol. The van der Waals surface area contributed by atoms with Crippen LogP contribution in [-0.4, -0.2) is 22.4 Å². The van der Waals surface area contributed by atoms with Gasteiger partial charge >= 0.3 is 5.97 Å². The summed E-state index contributed by atoms with van der Waals surface area (Å²) in [6.07, 6.45) is -2.31. The molecule has 15 heavy (non-hydrogen) atoms. The van der Waals surface area contributed by atoms with Gasteiger partial charge in [-0.1, -0.05) is 37.3 Å². The molecule has 2 atom stereocenters. The lowest BCUT2D eigenvalue weighted by Crippen LogP contribution is -2.41. The minimum Gasteiger partial charge on any atom is -0.479 e. The monoisotopic (exact) mass is 212 g/mol. The molecule has 3 nitrogen and oxygen atoms in total. The van der Waals surface area contributed by atoms with Gasteiger partial charge in [0, 0.05) is 0 Å². The number of benzene rings is 1. The Morgan fingerprint density at radius 1 is 1.47 bits per heavy atom. The third-order valence-electron chi connectivity index (χ3n) is 2.45. The summed E-state index contributed by atoms with van der Waals surface area (Å²) in [5.74, 6) is -1.65. The van der Waals surface area contributed by atoms with Crippen molar-refractivity contribution in [1.82, 2.24) is 0 Å². The molecule has 1 aromatic carbocycles. The van der Waals surface area contributed by atoms with Crippen LogP contribution in [0.25, 0.3) is 0 Å². The fraction of sp³-hybridized carbons (Fsp3) is 0.364. The van der Waals surface area contributed by atoms with Crippen LogP contribution in [0.3, 0.4) is 0 Å². The Balaban J connectivity index is 3.11. The number of aliphatic carboxylic acids is 1. The second-order valence-electron chi connectivity index (χ2n) is 3.34. The molecule has 1 rings (SSSR count). The Hall–Kier alpha value is -1.42. The van der Waals surface area contributed by atoms with Crippen molar-refractivity contribution in [2.75, 3.05) is 0 Å². The van der Waals surface area contributed by atoms with Gasteiger partial charge in [-0.25, -0.2) is 9.18 Å². The lowest BCUT2D eigenvalue weighted by atomic mass is 9.86. The largest absolute Gasteiger partial charge is 0.479 e. The number of hydrogen-bond acceptors (Lipinski definition) is 2. The van der Waals surface area contributed by atoms with Crippen molar-refractivity contribution in [2.45, 2.75) is 25.1 Å². The van der Waals surface area contributed by atoms with Gasteiger partial charge in [0.05, 0.1) is 0 Å². The maximum Gasteiger partial charge on any atom is 0.341 e. The van der Waals surface area contributed by atoms with E-state index in [9.17, 15) is 14.3 Å². The Kier molecular flexibility index (Phi) is 3.42. The summed E-state index contributed by atoms with van der Waals surface area (Å²) < 4.78 is 13.4. The van der Waals surface area contributed by atoms with Gasteiger partial charge in [-0.05, 0) is 12.0 Å². The average Bonchev–Trinajstić information content (AvgIpc) is 2.28. The summed E-state index contributed by atoms with van der Waals surface area (Å²) in [7, 11) is 0. The smallest absolute Gasteiger partial charge is 0.341 e. The van der Waals surface area contributed by atoms with Gasteiger partial charge < -0.3 is 10.2 Å². The number of carboxylic acids is 1. The highest BCUT2D eigenvalue weighted by atomic mass is 19.1. The van der Waals surface area contributed by atoms with E-state index in [1.165, 1.54) is 12.1 Å². The van der Waals surface area contributed by atoms with Crippen molar-refractivity contribution in [3.05, 3.63) is 35.9 Å². The first-order valence-electron chi connectivity index (χ1n) is 4.67. The number of rotatable bonds is 4. The number of aliphatic hydroxyl groups is 1. The molecule has 0 aromatic heterocycles. The van der Waals surface area contributed by atoms with E-state index in [4.69, 9.17) is 5.11 Å². The summed E-state index contributed by atoms with van der Waals surface area (Å²) in [5.41, 5.74) is -1.67. The highest BCUT2D eigenvalue weighted by molar-refractivity contribution is 5.74. The number of carbonyl (C=O) groups is 1. The van der Waals surface area contributed by atoms with Gasteiger partial charge in [-0.15, -0.1) is 0 Å². The zero-order chi connectivity index (χ0) is 11.5. The molecule has 0 amide bonds. The first-order valence-corrected chi connectivity index (χ1v) is 4.67. The van der Waals surface area contributed by atoms with Crippen molar-refractivity contribution in [1.29, 1.82) is 0 Å². The summed E-state index contributed by atoms with van der Waals surface area (Å²) in [6.45, 7) is 1.54. The van der Waals surface area contributed by atoms with Crippen LogP contribution in [0.1, 0.15) is 18.9 Å². The van der Waals surface area contributed by atoms with Gasteiger partial charge in [-0.3, -0.25) is 0 Å². The van der Waals surface area contributed by atoms with Crippen molar-refractivity contribution < 1.29 is 19.4 Å². The van der Waals surface area contributed by atoms with Crippen molar-refractivity contribution in [2.24, 2.45) is 0 Å². The molecule has 4 heteroatoms. The third kappa shape index (κ3) is 2.15. The van der Waals surface area contributed by atoms with E-state index in [1.807, 2.05) is 0 Å². The maximum atomic E-state index is 13.4. The van der Waals surface area contributed by atoms with Crippen molar-refractivity contribution in [3.63, 3.8) is 0 Å². The summed E-state index contributed by atoms with van der Waals surface area (Å²) in [5, 5.41) is 18.5. The molecule has 0 aliphatic carbocycles. The van der Waals surface area contributed by atoms with E-state index in [-0.39, 0.29) is 12.0 Å². The molecule has 0 radical (unpaired) electrons. The SMILES string of the molecule is CCC(O)(c1ccccc1)C(F)C(=O)O. The highest BCUT2D eigenvalue weighted by Gasteiger charge is 2.42. The molecule has 0 saturated carbocycles. The molecule has 82 valence electrons. The van der Waals surface area contributed by atoms with Crippen LogP contribution in [-0.2, 0) is 10.4 Å². The summed E-state index contributed by atoms with van der Waals surface area (Å²) in [6, 6.07) is 8.00. The molecule has 2 N–H and O–H groups in total. The molecule has 0 aliphatic heterocycles. The topological polar surface area (TPSA) is 57.5 Å². The zero-order valence-electron chi connectivity index (χ0n) is 8.35. The zero-order valence-corrected chi connectivity index (χ0v) is 8.35. The quantitative estimate of drug-likeness (QED) is 0.798. The third-order valence-corrected chi connectivity index (χ3v) is 2.45. The molecule has 2 unspecified atom stereocenters. The van der Waals surface area contributed by atoms with Crippen LogP contribution in [0, 0.1) is 0 Å². The van der Waals surface area contributed by atoms with E-state index in [0.29, 0.717) is 0 Å². The van der Waals surface area contributed by atoms with E-state index in [1.54, 1.807) is 25.1 Å². The molecule has 0 spiro atoms. The van der Waals surface area contributed by atoms with Gasteiger partial charge in [0.25, 0.3) is 0 Å². The molecule has 0 fully saturated rings. The van der Waals surface area contributed by atoms with Gasteiger partial charge in [0.15, 0.2) is 0 Å². The van der Waals surface area contributed by atoms with Gasteiger partial charge in [-0.2, -0.15) is 0 Å². The van der Waals surface area contributed by atoms with Crippen LogP contribution >= 0.6 is 0 Å². The molecule has 0 heterocycles. The molecule has 0 saturated heterocycles. The maximum absolute atomic E-state index is 13.4. The second-order valence-corrected chi connectivity index (χ2v) is 3.34. The average molecular weight is 212 g/mol. The first-order chi connectivity index (χ1) is 7.02. The Morgan fingerprint density at radius 3 is 2.40 bits per heavy atom. The van der Waals surface area contributed by atoms with Crippen molar-refractivity contribution in [3.8, 4) is 0 Å². The normalized spacial score (nSPS) is 16.7. The molecular weight excluding hydrogens is 199 g/mol. The van der Waals surface area contributed by atoms with E-state index >= 15 is 0 Å². The van der Waals surface area contributed by atoms with Crippen LogP contribution in [0.5, 0.6) is 0 Å². The minimum absolute atomic E-state index is 0.00444. The van der Waals surface area contributed by atoms with Crippen molar-refractivity contribution >= 4 is 5.97 Å². The minimum atomic E-state index is -2.31. The molecular formula is C11H13FO3. The van der Waals surface area contributed by atoms with E-state index in [0.717, 1.165) is 0 Å². The van der Waals surface area contributed by atoms with Crippen LogP contribution in [0.4, 0.5) is 4.39 Å². The predicted octanol–water partition coefficient (Wildman–Crippen LogP) is 1.71. The van der Waals surface area contributed by atoms with E-state index in [2.05, 4.69) is 0 Å². The number of halogens is 1. The van der Waals surface area contributed by atoms with Crippen LogP contribution in [0.15, 0.2) is 30.3 Å². The Morgan fingerprint density at radius 2 is 2.00 bits per heavy atom. The highest BCUT2D eigenvalue weighted by Crippen LogP contribution is 2.30. The van der Waals surface area contributed by atoms with Crippen LogP contribution in [0.2, 0.25) is 0 Å². The van der Waals surface area contributed by atoms with Crippen LogP contribution < -0.4 is 0 Å². The standard InChI is InChI=1S/C11H13FO3/c1-2-11(15,9(12)10(13)14)8-6-4-3-5-7-8/h3-7,9,15H,2H2,1H3,(H,13,14). The summed E-state index contributed by atoms with van der Waals surface area (Å²) >= 11 is 0. The first kappa shape index (κ1) is 11.7. The molecule has 1 aromatic rings. The van der Waals surface area contributed by atoms with E-state index < -0.39 is 17.7 Å². The summed E-state index contributed by atoms with van der Waals surface area (Å²) in [4.78, 5) is 10.5. The van der Waals surface area contributed by atoms with Gasteiger partial charge in [0.2, 0.25) is 6.17 Å². The molecule has 0 bridgehead atoms. The number of hydrogen-bond donors (Lipinski definition) is 2. The fourth-order valence-corrected chi connectivity index (χ4v) is 1.46. The number of carboxylic acid groups (broad SMARTS) is 1. The fourth-order valence-electron chi connectivity index (χ4n) is 1.46. The Bertz CT molecular complexity index is 339. The lowest BCUT2D eigenvalue weighted by Gasteiger charge is -2.28. The van der Waals surface area contributed by atoms with Gasteiger partial charge in [0.1, 0.15) is 5.60 Å².